The highest BCUT2D eigenvalue weighted by Gasteiger charge is 2.56. The molecular formula is C21H27N5O2. The zero-order valence-electron chi connectivity index (χ0n) is 16.9. The molecule has 1 saturated carbocycles. The van der Waals surface area contributed by atoms with Crippen LogP contribution < -0.4 is 5.32 Å². The third-order valence-electron chi connectivity index (χ3n) is 5.41. The maximum absolute atomic E-state index is 12.5. The molecule has 1 amide bonds. The quantitative estimate of drug-likeness (QED) is 0.874. The van der Waals surface area contributed by atoms with Crippen molar-refractivity contribution < 1.29 is 9.53 Å². The van der Waals surface area contributed by atoms with Crippen molar-refractivity contribution in [3.05, 3.63) is 36.3 Å². The number of pyridine rings is 1. The largest absolute Gasteiger partial charge is 0.444 e. The van der Waals surface area contributed by atoms with Crippen molar-refractivity contribution in [1.29, 1.82) is 0 Å². The SMILES string of the molecule is Cc1nc(N[C@@H]2CN(C(=O)OC(C)(C)C)CC23CC3)ccc1-c1ncccn1. The van der Waals surface area contributed by atoms with Crippen LogP contribution in [0.1, 0.15) is 39.3 Å². The average molecular weight is 381 g/mol. The van der Waals surface area contributed by atoms with Crippen LogP contribution >= 0.6 is 0 Å². The van der Waals surface area contributed by atoms with E-state index in [4.69, 9.17) is 9.72 Å². The maximum atomic E-state index is 12.5. The number of aromatic nitrogens is 3. The number of hydrogen-bond acceptors (Lipinski definition) is 6. The lowest BCUT2D eigenvalue weighted by molar-refractivity contribution is 0.0285. The second kappa shape index (κ2) is 6.72. The van der Waals surface area contributed by atoms with Gasteiger partial charge >= 0.3 is 6.09 Å². The molecule has 1 saturated heterocycles. The van der Waals surface area contributed by atoms with E-state index in [2.05, 4.69) is 15.3 Å². The van der Waals surface area contributed by atoms with Crippen LogP contribution in [0.15, 0.2) is 30.6 Å². The minimum atomic E-state index is -0.479. The van der Waals surface area contributed by atoms with Crippen LogP contribution in [0.4, 0.5) is 10.6 Å². The molecule has 4 rings (SSSR count). The third kappa shape index (κ3) is 3.79. The monoisotopic (exact) mass is 381 g/mol. The van der Waals surface area contributed by atoms with Crippen LogP contribution in [0, 0.1) is 12.3 Å². The Labute approximate surface area is 165 Å². The molecule has 3 heterocycles. The molecule has 0 unspecified atom stereocenters. The van der Waals surface area contributed by atoms with Gasteiger partial charge in [-0.1, -0.05) is 0 Å². The van der Waals surface area contributed by atoms with Gasteiger partial charge in [0.1, 0.15) is 11.4 Å². The lowest BCUT2D eigenvalue weighted by atomic mass is 10.0. The Morgan fingerprint density at radius 3 is 2.57 bits per heavy atom. The van der Waals surface area contributed by atoms with Gasteiger partial charge in [0.2, 0.25) is 0 Å². The lowest BCUT2D eigenvalue weighted by Gasteiger charge is -2.24. The zero-order chi connectivity index (χ0) is 19.9. The van der Waals surface area contributed by atoms with E-state index >= 15 is 0 Å². The minimum Gasteiger partial charge on any atom is -0.444 e. The number of carbonyl (C=O) groups is 1. The molecule has 0 aromatic carbocycles. The van der Waals surface area contributed by atoms with Gasteiger partial charge in [0.05, 0.1) is 11.7 Å². The number of rotatable bonds is 3. The first-order valence-electron chi connectivity index (χ1n) is 9.75. The summed E-state index contributed by atoms with van der Waals surface area (Å²) in [4.78, 5) is 27.6. The van der Waals surface area contributed by atoms with Crippen molar-refractivity contribution in [2.75, 3.05) is 18.4 Å². The molecule has 7 nitrogen and oxygen atoms in total. The molecule has 148 valence electrons. The number of anilines is 1. The van der Waals surface area contributed by atoms with Crippen molar-refractivity contribution in [2.45, 2.75) is 52.2 Å². The highest BCUT2D eigenvalue weighted by molar-refractivity contribution is 5.69. The Hall–Kier alpha value is -2.70. The number of amides is 1. The fourth-order valence-corrected chi connectivity index (χ4v) is 3.79. The Kier molecular flexibility index (Phi) is 4.48. The fraction of sp³-hybridized carbons (Fsp3) is 0.524. The summed E-state index contributed by atoms with van der Waals surface area (Å²) >= 11 is 0. The molecule has 28 heavy (non-hydrogen) atoms. The third-order valence-corrected chi connectivity index (χ3v) is 5.41. The molecule has 2 aromatic heterocycles. The number of ether oxygens (including phenoxy) is 1. The topological polar surface area (TPSA) is 80.2 Å². The molecule has 2 aliphatic rings. The van der Waals surface area contributed by atoms with Crippen LogP contribution in [-0.2, 0) is 4.74 Å². The van der Waals surface area contributed by atoms with Gasteiger partial charge < -0.3 is 15.0 Å². The van der Waals surface area contributed by atoms with Crippen molar-refractivity contribution in [3.8, 4) is 11.4 Å². The predicted octanol–water partition coefficient (Wildman–Crippen LogP) is 3.66. The first-order chi connectivity index (χ1) is 13.3. The van der Waals surface area contributed by atoms with Gasteiger partial charge in [-0.3, -0.25) is 0 Å². The summed E-state index contributed by atoms with van der Waals surface area (Å²) in [7, 11) is 0. The molecular weight excluding hydrogens is 354 g/mol. The molecule has 0 radical (unpaired) electrons. The highest BCUT2D eigenvalue weighted by Crippen LogP contribution is 2.53. The summed E-state index contributed by atoms with van der Waals surface area (Å²) in [6, 6.07) is 5.95. The Morgan fingerprint density at radius 1 is 1.25 bits per heavy atom. The van der Waals surface area contributed by atoms with Gasteiger partial charge in [-0.25, -0.2) is 19.7 Å². The summed E-state index contributed by atoms with van der Waals surface area (Å²) in [6.45, 7) is 9.04. The smallest absolute Gasteiger partial charge is 0.410 e. The molecule has 2 aromatic rings. The predicted molar refractivity (Wildman–Crippen MR) is 107 cm³/mol. The number of nitrogens with zero attached hydrogens (tertiary/aromatic N) is 4. The normalized spacial score (nSPS) is 20.3. The summed E-state index contributed by atoms with van der Waals surface area (Å²) in [6.07, 6.45) is 5.48. The summed E-state index contributed by atoms with van der Waals surface area (Å²) in [5.74, 6) is 1.49. The number of nitrogens with one attached hydrogen (secondary N) is 1. The molecule has 1 N–H and O–H groups in total. The number of hydrogen-bond donors (Lipinski definition) is 1. The number of aryl methyl sites for hydroxylation is 1. The molecule has 7 heteroatoms. The summed E-state index contributed by atoms with van der Waals surface area (Å²) in [5.41, 5.74) is 1.47. The maximum Gasteiger partial charge on any atom is 0.410 e. The first kappa shape index (κ1) is 18.7. The van der Waals surface area contributed by atoms with E-state index < -0.39 is 5.60 Å². The van der Waals surface area contributed by atoms with Crippen molar-refractivity contribution in [2.24, 2.45) is 5.41 Å². The van der Waals surface area contributed by atoms with Gasteiger partial charge in [0, 0.05) is 36.5 Å². The van der Waals surface area contributed by atoms with Crippen LogP contribution in [0.5, 0.6) is 0 Å². The molecule has 1 spiro atoms. The van der Waals surface area contributed by atoms with E-state index in [9.17, 15) is 4.79 Å². The highest BCUT2D eigenvalue weighted by atomic mass is 16.6. The van der Waals surface area contributed by atoms with Gasteiger partial charge in [-0.15, -0.1) is 0 Å². The van der Waals surface area contributed by atoms with Gasteiger partial charge in [-0.2, -0.15) is 0 Å². The lowest BCUT2D eigenvalue weighted by Crippen LogP contribution is -2.36. The van der Waals surface area contributed by atoms with Crippen molar-refractivity contribution >= 4 is 11.9 Å². The second-order valence-corrected chi connectivity index (χ2v) is 8.82. The van der Waals surface area contributed by atoms with E-state index in [1.165, 1.54) is 0 Å². The average Bonchev–Trinajstić information content (AvgIpc) is 3.31. The first-order valence-corrected chi connectivity index (χ1v) is 9.75. The molecule has 1 atom stereocenters. The van der Waals surface area contributed by atoms with E-state index in [1.54, 1.807) is 18.5 Å². The van der Waals surface area contributed by atoms with E-state index in [0.29, 0.717) is 12.4 Å². The van der Waals surface area contributed by atoms with Gasteiger partial charge in [0.25, 0.3) is 0 Å². The standard InChI is InChI=1S/C21H27N5O2/c1-14-15(18-22-10-5-11-23-18)6-7-17(24-14)25-16-12-26(13-21(16)8-9-21)19(27)28-20(2,3)4/h5-7,10-11,16H,8-9,12-13H2,1-4H3,(H,24,25)/t16-/m1/s1. The molecule has 0 bridgehead atoms. The van der Waals surface area contributed by atoms with E-state index in [-0.39, 0.29) is 17.6 Å². The Morgan fingerprint density at radius 2 is 1.96 bits per heavy atom. The number of likely N-dealkylation sites (tertiary alicyclic amines) is 1. The molecule has 1 aliphatic heterocycles. The molecule has 1 aliphatic carbocycles. The summed E-state index contributed by atoms with van der Waals surface area (Å²) < 4.78 is 5.55. The van der Waals surface area contributed by atoms with E-state index in [1.807, 2.05) is 44.7 Å². The van der Waals surface area contributed by atoms with Crippen LogP contribution in [-0.4, -0.2) is 50.7 Å². The van der Waals surface area contributed by atoms with Crippen LogP contribution in [0.25, 0.3) is 11.4 Å². The van der Waals surface area contributed by atoms with Crippen molar-refractivity contribution in [3.63, 3.8) is 0 Å². The zero-order valence-corrected chi connectivity index (χ0v) is 16.9. The minimum absolute atomic E-state index is 0.147. The Balaban J connectivity index is 1.47. The van der Waals surface area contributed by atoms with Crippen LogP contribution in [0.3, 0.4) is 0 Å². The van der Waals surface area contributed by atoms with E-state index in [0.717, 1.165) is 36.5 Å². The van der Waals surface area contributed by atoms with Gasteiger partial charge in [-0.05, 0) is 58.7 Å². The fourth-order valence-electron chi connectivity index (χ4n) is 3.79. The summed E-state index contributed by atoms with van der Waals surface area (Å²) in [5, 5.41) is 3.56. The number of carbonyl (C=O) groups excluding carboxylic acids is 1. The van der Waals surface area contributed by atoms with Gasteiger partial charge in [0.15, 0.2) is 5.82 Å². The Bertz CT molecular complexity index is 874. The van der Waals surface area contributed by atoms with Crippen molar-refractivity contribution in [1.82, 2.24) is 19.9 Å². The second-order valence-electron chi connectivity index (χ2n) is 8.82. The molecule has 2 fully saturated rings. The van der Waals surface area contributed by atoms with Crippen LogP contribution in [0.2, 0.25) is 0 Å².